The summed E-state index contributed by atoms with van der Waals surface area (Å²) >= 11 is 0. The Morgan fingerprint density at radius 1 is 1.29 bits per heavy atom. The molecule has 0 bridgehead atoms. The normalized spacial score (nSPS) is 11.2. The molecule has 0 atom stereocenters. The number of nitrogens with zero attached hydrogens (tertiary/aromatic N) is 2. The highest BCUT2D eigenvalue weighted by Crippen LogP contribution is 2.25. The predicted octanol–water partition coefficient (Wildman–Crippen LogP) is 2.70. The van der Waals surface area contributed by atoms with Crippen LogP contribution in [0.2, 0.25) is 0 Å². The number of halogens is 1. The summed E-state index contributed by atoms with van der Waals surface area (Å²) in [5.74, 6) is -0.929. The van der Waals surface area contributed by atoms with Crippen molar-refractivity contribution in [2.45, 2.75) is 19.3 Å². The molecule has 2 aromatic rings. The highest BCUT2D eigenvalue weighted by Gasteiger charge is 2.23. The second-order valence-corrected chi connectivity index (χ2v) is 5.31. The Bertz CT molecular complexity index is 642. The highest BCUT2D eigenvalue weighted by molar-refractivity contribution is 5.84. The van der Waals surface area contributed by atoms with Crippen LogP contribution >= 0.6 is 0 Å². The lowest BCUT2D eigenvalue weighted by atomic mass is 9.84. The smallest absolute Gasteiger partial charge is 0.356 e. The Hall–Kier alpha value is -2.50. The van der Waals surface area contributed by atoms with Crippen molar-refractivity contribution < 1.29 is 14.3 Å². The van der Waals surface area contributed by atoms with Crippen LogP contribution in [0, 0.1) is 5.82 Å². The zero-order valence-corrected chi connectivity index (χ0v) is 11.8. The molecule has 0 aliphatic heterocycles. The number of rotatable bonds is 5. The van der Waals surface area contributed by atoms with Gasteiger partial charge in [0.1, 0.15) is 11.6 Å². The Labute approximate surface area is 121 Å². The van der Waals surface area contributed by atoms with E-state index >= 15 is 0 Å². The van der Waals surface area contributed by atoms with E-state index < -0.39 is 11.4 Å². The number of carboxylic acid groups (broad SMARTS) is 1. The first-order valence-electron chi connectivity index (χ1n) is 6.44. The lowest BCUT2D eigenvalue weighted by molar-refractivity contribution is 0.0690. The number of carboxylic acids is 1. The minimum atomic E-state index is -1.12. The van der Waals surface area contributed by atoms with E-state index in [2.05, 4.69) is 15.3 Å². The van der Waals surface area contributed by atoms with Gasteiger partial charge in [-0.2, -0.15) is 0 Å². The van der Waals surface area contributed by atoms with E-state index in [9.17, 15) is 9.18 Å². The number of hydrogen-bond donors (Lipinski definition) is 2. The van der Waals surface area contributed by atoms with E-state index in [0.29, 0.717) is 17.9 Å². The van der Waals surface area contributed by atoms with Crippen LogP contribution in [0.25, 0.3) is 0 Å². The minimum absolute atomic E-state index is 0.117. The molecule has 0 amide bonds. The number of benzene rings is 1. The molecule has 1 aromatic carbocycles. The molecule has 6 heteroatoms. The molecular weight excluding hydrogens is 273 g/mol. The lowest BCUT2D eigenvalue weighted by Gasteiger charge is -2.26. The maximum absolute atomic E-state index is 13.8. The SMILES string of the molecule is CC(C)(CNc1cnc(C(=O)O)cn1)c1ccccc1F. The number of aromatic carboxylic acids is 1. The highest BCUT2D eigenvalue weighted by atomic mass is 19.1. The standard InChI is InChI=1S/C15H16FN3O2/c1-15(2,10-5-3-4-6-11(10)16)9-19-13-8-17-12(7-18-13)14(20)21/h3-8H,9H2,1-2H3,(H,18,19)(H,20,21). The van der Waals surface area contributed by atoms with Crippen molar-refractivity contribution in [1.82, 2.24) is 9.97 Å². The van der Waals surface area contributed by atoms with Gasteiger partial charge >= 0.3 is 5.97 Å². The van der Waals surface area contributed by atoms with E-state index in [-0.39, 0.29) is 11.5 Å². The first kappa shape index (κ1) is 14.9. The van der Waals surface area contributed by atoms with E-state index in [4.69, 9.17) is 5.11 Å². The van der Waals surface area contributed by atoms with Crippen molar-refractivity contribution in [2.24, 2.45) is 0 Å². The van der Waals surface area contributed by atoms with Gasteiger partial charge in [-0.25, -0.2) is 19.2 Å². The van der Waals surface area contributed by atoms with Crippen LogP contribution in [0.5, 0.6) is 0 Å². The van der Waals surface area contributed by atoms with Gasteiger partial charge in [0.05, 0.1) is 12.4 Å². The Balaban J connectivity index is 2.08. The second kappa shape index (κ2) is 5.87. The number of carbonyl (C=O) groups is 1. The van der Waals surface area contributed by atoms with Gasteiger partial charge < -0.3 is 10.4 Å². The van der Waals surface area contributed by atoms with E-state index in [1.54, 1.807) is 18.2 Å². The summed E-state index contributed by atoms with van der Waals surface area (Å²) in [6.07, 6.45) is 2.53. The molecule has 110 valence electrons. The monoisotopic (exact) mass is 289 g/mol. The van der Waals surface area contributed by atoms with Crippen molar-refractivity contribution >= 4 is 11.8 Å². The average Bonchev–Trinajstić information content (AvgIpc) is 2.46. The number of hydrogen-bond acceptors (Lipinski definition) is 4. The maximum Gasteiger partial charge on any atom is 0.356 e. The van der Waals surface area contributed by atoms with Gasteiger partial charge in [-0.05, 0) is 11.6 Å². The van der Waals surface area contributed by atoms with Crippen LogP contribution in [0.15, 0.2) is 36.7 Å². The summed E-state index contributed by atoms with van der Waals surface area (Å²) in [7, 11) is 0. The quantitative estimate of drug-likeness (QED) is 0.885. The van der Waals surface area contributed by atoms with Crippen LogP contribution in [0.4, 0.5) is 10.2 Å². The zero-order valence-electron chi connectivity index (χ0n) is 11.8. The zero-order chi connectivity index (χ0) is 15.5. The molecule has 21 heavy (non-hydrogen) atoms. The van der Waals surface area contributed by atoms with Crippen molar-refractivity contribution in [2.75, 3.05) is 11.9 Å². The largest absolute Gasteiger partial charge is 0.476 e. The van der Waals surface area contributed by atoms with Crippen LogP contribution in [0.3, 0.4) is 0 Å². The Kier molecular flexibility index (Phi) is 4.16. The number of nitrogens with one attached hydrogen (secondary N) is 1. The van der Waals surface area contributed by atoms with Crippen LogP contribution in [-0.2, 0) is 5.41 Å². The molecule has 0 saturated heterocycles. The van der Waals surface area contributed by atoms with Gasteiger partial charge in [-0.1, -0.05) is 32.0 Å². The summed E-state index contributed by atoms with van der Waals surface area (Å²) in [6, 6.07) is 6.62. The first-order valence-corrected chi connectivity index (χ1v) is 6.44. The summed E-state index contributed by atoms with van der Waals surface area (Å²) in [6.45, 7) is 4.27. The summed E-state index contributed by atoms with van der Waals surface area (Å²) in [5, 5.41) is 11.8. The van der Waals surface area contributed by atoms with Crippen molar-refractivity contribution in [3.8, 4) is 0 Å². The Morgan fingerprint density at radius 2 is 2.00 bits per heavy atom. The molecular formula is C15H16FN3O2. The molecule has 0 spiro atoms. The van der Waals surface area contributed by atoms with Crippen molar-refractivity contribution in [3.05, 3.63) is 53.7 Å². The van der Waals surface area contributed by atoms with E-state index in [0.717, 1.165) is 0 Å². The topological polar surface area (TPSA) is 75.1 Å². The molecule has 2 N–H and O–H groups in total. The molecule has 2 rings (SSSR count). The van der Waals surface area contributed by atoms with Gasteiger partial charge in [0.15, 0.2) is 5.69 Å². The fourth-order valence-corrected chi connectivity index (χ4v) is 1.95. The third-order valence-electron chi connectivity index (χ3n) is 3.19. The third kappa shape index (κ3) is 3.53. The number of anilines is 1. The van der Waals surface area contributed by atoms with Gasteiger partial charge in [0.25, 0.3) is 0 Å². The molecule has 0 aliphatic rings. The molecule has 0 radical (unpaired) electrons. The van der Waals surface area contributed by atoms with Crippen LogP contribution < -0.4 is 5.32 Å². The average molecular weight is 289 g/mol. The fourth-order valence-electron chi connectivity index (χ4n) is 1.95. The summed E-state index contributed by atoms with van der Waals surface area (Å²) in [4.78, 5) is 18.4. The van der Waals surface area contributed by atoms with E-state index in [1.165, 1.54) is 18.5 Å². The molecule has 5 nitrogen and oxygen atoms in total. The molecule has 0 aliphatic carbocycles. The molecule has 1 heterocycles. The molecule has 0 fully saturated rings. The van der Waals surface area contributed by atoms with Gasteiger partial charge in [-0.15, -0.1) is 0 Å². The minimum Gasteiger partial charge on any atom is -0.476 e. The molecule has 1 aromatic heterocycles. The first-order chi connectivity index (χ1) is 9.90. The van der Waals surface area contributed by atoms with Gasteiger partial charge in [0.2, 0.25) is 0 Å². The maximum atomic E-state index is 13.8. The summed E-state index contributed by atoms with van der Waals surface area (Å²) in [5.41, 5.74) is 0.0416. The lowest BCUT2D eigenvalue weighted by Crippen LogP contribution is -2.29. The molecule has 0 unspecified atom stereocenters. The fraction of sp³-hybridized carbons (Fsp3) is 0.267. The van der Waals surface area contributed by atoms with E-state index in [1.807, 2.05) is 13.8 Å². The van der Waals surface area contributed by atoms with Crippen molar-refractivity contribution in [3.63, 3.8) is 0 Å². The number of aromatic nitrogens is 2. The van der Waals surface area contributed by atoms with Gasteiger partial charge in [-0.3, -0.25) is 0 Å². The van der Waals surface area contributed by atoms with Gasteiger partial charge in [0, 0.05) is 12.0 Å². The predicted molar refractivity (Wildman–Crippen MR) is 76.9 cm³/mol. The Morgan fingerprint density at radius 3 is 2.57 bits per heavy atom. The molecule has 0 saturated carbocycles. The third-order valence-corrected chi connectivity index (χ3v) is 3.19. The second-order valence-electron chi connectivity index (χ2n) is 5.31. The van der Waals surface area contributed by atoms with Crippen LogP contribution in [0.1, 0.15) is 29.9 Å². The van der Waals surface area contributed by atoms with Crippen LogP contribution in [-0.4, -0.2) is 27.6 Å². The van der Waals surface area contributed by atoms with Crippen molar-refractivity contribution in [1.29, 1.82) is 0 Å². The summed E-state index contributed by atoms with van der Waals surface area (Å²) < 4.78 is 13.8.